The second-order valence-corrected chi connectivity index (χ2v) is 6.20. The fourth-order valence-electron chi connectivity index (χ4n) is 2.18. The molecular weight excluding hydrogens is 349 g/mol. The molecule has 4 nitrogen and oxygen atoms in total. The number of esters is 1. The molecule has 1 atom stereocenters. The van der Waals surface area contributed by atoms with E-state index in [4.69, 9.17) is 27.9 Å². The van der Waals surface area contributed by atoms with Gasteiger partial charge in [-0.2, -0.15) is 0 Å². The smallest absolute Gasteiger partial charge is 0.340 e. The van der Waals surface area contributed by atoms with E-state index in [2.05, 4.69) is 0 Å². The lowest BCUT2D eigenvalue weighted by atomic mass is 10.2. The third-order valence-electron chi connectivity index (χ3n) is 3.42. The fourth-order valence-corrected chi connectivity index (χ4v) is 2.66. The third kappa shape index (κ3) is 4.73. The number of benzene rings is 2. The summed E-state index contributed by atoms with van der Waals surface area (Å²) < 4.78 is 5.22. The fraction of sp³-hybridized carbons (Fsp3) is 0.222. The van der Waals surface area contributed by atoms with E-state index >= 15 is 0 Å². The molecule has 0 saturated carbocycles. The Labute approximate surface area is 150 Å². The number of halogens is 2. The largest absolute Gasteiger partial charge is 0.449 e. The van der Waals surface area contributed by atoms with Gasteiger partial charge in [-0.1, -0.05) is 53.5 Å². The highest BCUT2D eigenvalue weighted by Gasteiger charge is 2.23. The molecule has 0 saturated heterocycles. The van der Waals surface area contributed by atoms with Crippen LogP contribution in [0, 0.1) is 0 Å². The zero-order valence-corrected chi connectivity index (χ0v) is 14.8. The molecule has 0 aliphatic rings. The van der Waals surface area contributed by atoms with Crippen LogP contribution in [0.5, 0.6) is 0 Å². The molecule has 0 fully saturated rings. The van der Waals surface area contributed by atoms with Crippen LogP contribution in [-0.2, 0) is 16.1 Å². The number of nitrogens with zero attached hydrogens (tertiary/aromatic N) is 1. The van der Waals surface area contributed by atoms with Crippen molar-refractivity contribution >= 4 is 35.1 Å². The molecule has 0 spiro atoms. The van der Waals surface area contributed by atoms with Crippen LogP contribution in [0.15, 0.2) is 48.5 Å². The van der Waals surface area contributed by atoms with Crippen LogP contribution < -0.4 is 0 Å². The molecule has 0 radical (unpaired) electrons. The molecule has 0 aliphatic carbocycles. The molecule has 0 N–H and O–H groups in total. The van der Waals surface area contributed by atoms with Gasteiger partial charge in [-0.3, -0.25) is 4.79 Å². The van der Waals surface area contributed by atoms with Crippen LogP contribution in [0.4, 0.5) is 0 Å². The highest BCUT2D eigenvalue weighted by Crippen LogP contribution is 2.22. The minimum Gasteiger partial charge on any atom is -0.449 e. The van der Waals surface area contributed by atoms with E-state index in [0.29, 0.717) is 11.6 Å². The first-order valence-electron chi connectivity index (χ1n) is 7.33. The van der Waals surface area contributed by atoms with E-state index in [1.807, 2.05) is 30.3 Å². The second kappa shape index (κ2) is 8.18. The Morgan fingerprint density at radius 2 is 1.79 bits per heavy atom. The van der Waals surface area contributed by atoms with Gasteiger partial charge in [0.15, 0.2) is 6.10 Å². The summed E-state index contributed by atoms with van der Waals surface area (Å²) in [4.78, 5) is 26.0. The van der Waals surface area contributed by atoms with Crippen molar-refractivity contribution in [2.45, 2.75) is 19.6 Å². The summed E-state index contributed by atoms with van der Waals surface area (Å²) in [6.07, 6.45) is -0.919. The molecule has 0 bridgehead atoms. The van der Waals surface area contributed by atoms with Crippen molar-refractivity contribution in [3.8, 4) is 0 Å². The molecular formula is C18H17Cl2NO3. The standard InChI is InChI=1S/C18H17Cl2NO3/c1-12(17(22)21(2)11-13-6-4-3-5-7-13)24-18(23)15-9-8-14(19)10-16(15)20/h3-10,12H,11H2,1-2H3/t12-/m0/s1. The van der Waals surface area contributed by atoms with E-state index in [1.54, 1.807) is 7.05 Å². The van der Waals surface area contributed by atoms with Gasteiger partial charge in [0.05, 0.1) is 10.6 Å². The summed E-state index contributed by atoms with van der Waals surface area (Å²) in [6.45, 7) is 1.97. The summed E-state index contributed by atoms with van der Waals surface area (Å²) in [7, 11) is 1.66. The number of amides is 1. The molecule has 1 amide bonds. The summed E-state index contributed by atoms with van der Waals surface area (Å²) >= 11 is 11.8. The summed E-state index contributed by atoms with van der Waals surface area (Å²) in [5.41, 5.74) is 1.17. The first kappa shape index (κ1) is 18.3. The molecule has 2 rings (SSSR count). The maximum absolute atomic E-state index is 12.3. The minimum atomic E-state index is -0.919. The monoisotopic (exact) mass is 365 g/mol. The van der Waals surface area contributed by atoms with Crippen LogP contribution in [-0.4, -0.2) is 29.9 Å². The lowest BCUT2D eigenvalue weighted by Crippen LogP contribution is -2.37. The van der Waals surface area contributed by atoms with Gasteiger partial charge in [-0.25, -0.2) is 4.79 Å². The van der Waals surface area contributed by atoms with E-state index in [-0.39, 0.29) is 16.5 Å². The highest BCUT2D eigenvalue weighted by molar-refractivity contribution is 6.36. The van der Waals surface area contributed by atoms with Crippen molar-refractivity contribution in [3.63, 3.8) is 0 Å². The molecule has 2 aromatic rings. The van der Waals surface area contributed by atoms with Gasteiger partial charge in [0.2, 0.25) is 0 Å². The van der Waals surface area contributed by atoms with Crippen molar-refractivity contribution in [1.82, 2.24) is 4.90 Å². The van der Waals surface area contributed by atoms with Crippen molar-refractivity contribution in [1.29, 1.82) is 0 Å². The SMILES string of the molecule is C[C@H](OC(=O)c1ccc(Cl)cc1Cl)C(=O)N(C)Cc1ccccc1. The van der Waals surface area contributed by atoms with E-state index in [0.717, 1.165) is 5.56 Å². The van der Waals surface area contributed by atoms with Gasteiger partial charge in [0.1, 0.15) is 0 Å². The zero-order valence-electron chi connectivity index (χ0n) is 13.3. The first-order chi connectivity index (χ1) is 11.4. The lowest BCUT2D eigenvalue weighted by molar-refractivity contribution is -0.139. The van der Waals surface area contributed by atoms with Crippen molar-refractivity contribution in [2.24, 2.45) is 0 Å². The molecule has 0 heterocycles. The number of hydrogen-bond donors (Lipinski definition) is 0. The predicted molar refractivity (Wildman–Crippen MR) is 94.3 cm³/mol. The summed E-state index contributed by atoms with van der Waals surface area (Å²) in [5, 5.41) is 0.605. The van der Waals surface area contributed by atoms with Gasteiger partial charge in [0.25, 0.3) is 5.91 Å². The Morgan fingerprint density at radius 1 is 1.12 bits per heavy atom. The summed E-state index contributed by atoms with van der Waals surface area (Å²) in [6, 6.07) is 14.0. The molecule has 0 aromatic heterocycles. The van der Waals surface area contributed by atoms with Gasteiger partial charge < -0.3 is 9.64 Å². The normalized spacial score (nSPS) is 11.7. The van der Waals surface area contributed by atoms with Crippen LogP contribution in [0.25, 0.3) is 0 Å². The lowest BCUT2D eigenvalue weighted by Gasteiger charge is -2.21. The first-order valence-corrected chi connectivity index (χ1v) is 8.09. The average Bonchev–Trinajstić information content (AvgIpc) is 2.54. The Balaban J connectivity index is 1.99. The third-order valence-corrected chi connectivity index (χ3v) is 3.97. The Kier molecular flexibility index (Phi) is 6.23. The van der Waals surface area contributed by atoms with Gasteiger partial charge in [0, 0.05) is 18.6 Å². The Morgan fingerprint density at radius 3 is 2.42 bits per heavy atom. The molecule has 126 valence electrons. The number of ether oxygens (including phenoxy) is 1. The minimum absolute atomic E-state index is 0.173. The Hall–Kier alpha value is -2.04. The predicted octanol–water partition coefficient (Wildman–Crippen LogP) is 4.20. The number of likely N-dealkylation sites (N-methyl/N-ethyl adjacent to an activating group) is 1. The van der Waals surface area contributed by atoms with Crippen molar-refractivity contribution in [2.75, 3.05) is 7.05 Å². The quantitative estimate of drug-likeness (QED) is 0.746. The highest BCUT2D eigenvalue weighted by atomic mass is 35.5. The molecule has 6 heteroatoms. The van der Waals surface area contributed by atoms with Gasteiger partial charge in [-0.15, -0.1) is 0 Å². The van der Waals surface area contributed by atoms with Crippen LogP contribution >= 0.6 is 23.2 Å². The molecule has 0 unspecified atom stereocenters. The van der Waals surface area contributed by atoms with E-state index in [1.165, 1.54) is 30.0 Å². The van der Waals surface area contributed by atoms with Gasteiger partial charge in [-0.05, 0) is 30.7 Å². The number of hydrogen-bond acceptors (Lipinski definition) is 3. The van der Waals surface area contributed by atoms with Crippen LogP contribution in [0.2, 0.25) is 10.0 Å². The van der Waals surface area contributed by atoms with Crippen molar-refractivity contribution in [3.05, 3.63) is 69.7 Å². The molecule has 0 aliphatic heterocycles. The second-order valence-electron chi connectivity index (χ2n) is 5.35. The number of carbonyl (C=O) groups excluding carboxylic acids is 2. The molecule has 2 aromatic carbocycles. The average molecular weight is 366 g/mol. The number of carbonyl (C=O) groups is 2. The van der Waals surface area contributed by atoms with Crippen molar-refractivity contribution < 1.29 is 14.3 Å². The summed E-state index contributed by atoms with van der Waals surface area (Å²) in [5.74, 6) is -0.956. The Bertz CT molecular complexity index is 734. The topological polar surface area (TPSA) is 46.6 Å². The van der Waals surface area contributed by atoms with Crippen LogP contribution in [0.3, 0.4) is 0 Å². The van der Waals surface area contributed by atoms with Gasteiger partial charge >= 0.3 is 5.97 Å². The zero-order chi connectivity index (χ0) is 17.7. The maximum Gasteiger partial charge on any atom is 0.340 e. The van der Waals surface area contributed by atoms with Crippen LogP contribution in [0.1, 0.15) is 22.8 Å². The van der Waals surface area contributed by atoms with E-state index in [9.17, 15) is 9.59 Å². The maximum atomic E-state index is 12.3. The molecule has 24 heavy (non-hydrogen) atoms. The number of rotatable bonds is 5. The van der Waals surface area contributed by atoms with E-state index < -0.39 is 12.1 Å².